The third kappa shape index (κ3) is 3.30. The lowest BCUT2D eigenvalue weighted by Gasteiger charge is -2.32. The van der Waals surface area contributed by atoms with Crippen LogP contribution in [0.3, 0.4) is 0 Å². The van der Waals surface area contributed by atoms with Crippen LogP contribution >= 0.6 is 0 Å². The molecule has 0 aliphatic carbocycles. The number of rotatable bonds is 4. The van der Waals surface area contributed by atoms with Gasteiger partial charge in [0, 0.05) is 0 Å². The maximum absolute atomic E-state index is 10.9. The molecule has 0 bridgehead atoms. The molecule has 1 aromatic rings. The van der Waals surface area contributed by atoms with Crippen LogP contribution in [0.25, 0.3) is 0 Å². The van der Waals surface area contributed by atoms with Crippen LogP contribution in [0.2, 0.25) is 0 Å². The first kappa shape index (κ1) is 16.1. The summed E-state index contributed by atoms with van der Waals surface area (Å²) in [7, 11) is -0.386. The summed E-state index contributed by atoms with van der Waals surface area (Å²) in [6, 6.07) is 7.45. The van der Waals surface area contributed by atoms with Crippen molar-refractivity contribution in [2.45, 2.75) is 58.3 Å². The predicted octanol–water partition coefficient (Wildman–Crippen LogP) is 2.34. The van der Waals surface area contributed by atoms with Gasteiger partial charge in [-0.25, -0.2) is 0 Å². The van der Waals surface area contributed by atoms with Crippen molar-refractivity contribution in [1.29, 1.82) is 0 Å². The zero-order valence-corrected chi connectivity index (χ0v) is 13.6. The summed E-state index contributed by atoms with van der Waals surface area (Å²) in [6.45, 7) is 11.5. The van der Waals surface area contributed by atoms with Crippen molar-refractivity contribution in [3.8, 4) is 5.75 Å². The second-order valence-electron chi connectivity index (χ2n) is 6.98. The minimum absolute atomic E-state index is 0.355. The molecule has 0 saturated carbocycles. The molecule has 1 fully saturated rings. The van der Waals surface area contributed by atoms with Gasteiger partial charge < -0.3 is 14.0 Å². The summed E-state index contributed by atoms with van der Waals surface area (Å²) >= 11 is 0. The standard InChI is InChI=1S/C16H23BO4/c1-14(2,11-18)19-13-9-7-12(8-10-13)17-20-15(3,4)16(5,6)21-17/h7-11H,1-6H3. The van der Waals surface area contributed by atoms with Gasteiger partial charge >= 0.3 is 7.12 Å². The van der Waals surface area contributed by atoms with Gasteiger partial charge in [0.15, 0.2) is 11.9 Å². The van der Waals surface area contributed by atoms with E-state index < -0.39 is 5.60 Å². The smallest absolute Gasteiger partial charge is 0.480 e. The maximum atomic E-state index is 10.9. The zero-order valence-electron chi connectivity index (χ0n) is 13.6. The first-order valence-electron chi connectivity index (χ1n) is 7.17. The molecule has 1 aliphatic heterocycles. The molecule has 21 heavy (non-hydrogen) atoms. The quantitative estimate of drug-likeness (QED) is 0.630. The van der Waals surface area contributed by atoms with Crippen molar-refractivity contribution in [2.24, 2.45) is 0 Å². The second-order valence-corrected chi connectivity index (χ2v) is 6.98. The van der Waals surface area contributed by atoms with Crippen LogP contribution in [0, 0.1) is 0 Å². The van der Waals surface area contributed by atoms with Crippen molar-refractivity contribution in [3.05, 3.63) is 24.3 Å². The van der Waals surface area contributed by atoms with Gasteiger partial charge in [0.25, 0.3) is 0 Å². The largest absolute Gasteiger partial charge is 0.494 e. The van der Waals surface area contributed by atoms with Gasteiger partial charge in [0.1, 0.15) is 5.75 Å². The summed E-state index contributed by atoms with van der Waals surface area (Å²) < 4.78 is 17.6. The SMILES string of the molecule is CC(C)(C=O)Oc1ccc(B2OC(C)(C)C(C)(C)O2)cc1. The highest BCUT2D eigenvalue weighted by atomic mass is 16.7. The zero-order chi connectivity index (χ0) is 15.9. The lowest BCUT2D eigenvalue weighted by molar-refractivity contribution is -0.118. The van der Waals surface area contributed by atoms with Crippen LogP contribution < -0.4 is 10.2 Å². The highest BCUT2D eigenvalue weighted by Crippen LogP contribution is 2.36. The van der Waals surface area contributed by atoms with E-state index >= 15 is 0 Å². The summed E-state index contributed by atoms with van der Waals surface area (Å²) in [5, 5.41) is 0. The molecule has 4 nitrogen and oxygen atoms in total. The van der Waals surface area contributed by atoms with E-state index in [9.17, 15) is 4.79 Å². The minimum atomic E-state index is -0.828. The molecular formula is C16H23BO4. The monoisotopic (exact) mass is 290 g/mol. The van der Waals surface area contributed by atoms with Crippen LogP contribution in [0.4, 0.5) is 0 Å². The van der Waals surface area contributed by atoms with Crippen LogP contribution in [-0.2, 0) is 14.1 Å². The van der Waals surface area contributed by atoms with E-state index in [1.165, 1.54) is 0 Å². The Morgan fingerprint density at radius 1 is 1.05 bits per heavy atom. The number of carbonyl (C=O) groups is 1. The van der Waals surface area contributed by atoms with Gasteiger partial charge in [0.05, 0.1) is 11.2 Å². The number of ether oxygens (including phenoxy) is 1. The third-order valence-electron chi connectivity index (χ3n) is 4.07. The first-order valence-corrected chi connectivity index (χ1v) is 7.17. The first-order chi connectivity index (χ1) is 9.56. The molecule has 1 aromatic carbocycles. The Morgan fingerprint density at radius 3 is 1.95 bits per heavy atom. The third-order valence-corrected chi connectivity index (χ3v) is 4.07. The van der Waals surface area contributed by atoms with Crippen LogP contribution in [0.5, 0.6) is 5.75 Å². The van der Waals surface area contributed by atoms with E-state index in [1.54, 1.807) is 13.8 Å². The van der Waals surface area contributed by atoms with Crippen LogP contribution in [-0.4, -0.2) is 30.2 Å². The molecule has 2 rings (SSSR count). The highest BCUT2D eigenvalue weighted by molar-refractivity contribution is 6.62. The summed E-state index contributed by atoms with van der Waals surface area (Å²) in [5.74, 6) is 0.646. The topological polar surface area (TPSA) is 44.8 Å². The van der Waals surface area contributed by atoms with E-state index in [0.29, 0.717) is 5.75 Å². The van der Waals surface area contributed by atoms with Gasteiger partial charge in [0.2, 0.25) is 0 Å². The molecule has 1 heterocycles. The van der Waals surface area contributed by atoms with Crippen molar-refractivity contribution >= 4 is 18.9 Å². The van der Waals surface area contributed by atoms with Gasteiger partial charge in [-0.1, -0.05) is 12.1 Å². The van der Waals surface area contributed by atoms with Gasteiger partial charge in [-0.2, -0.15) is 0 Å². The Bertz CT molecular complexity index is 504. The molecule has 0 spiro atoms. The fourth-order valence-electron chi connectivity index (χ4n) is 2.00. The van der Waals surface area contributed by atoms with E-state index in [-0.39, 0.29) is 18.3 Å². The lowest BCUT2D eigenvalue weighted by Crippen LogP contribution is -2.41. The Morgan fingerprint density at radius 2 is 1.52 bits per heavy atom. The van der Waals surface area contributed by atoms with Gasteiger partial charge in [-0.3, -0.25) is 4.79 Å². The van der Waals surface area contributed by atoms with Crippen molar-refractivity contribution in [1.82, 2.24) is 0 Å². The van der Waals surface area contributed by atoms with Crippen molar-refractivity contribution < 1.29 is 18.8 Å². The molecule has 1 saturated heterocycles. The number of hydrogen-bond acceptors (Lipinski definition) is 4. The van der Waals surface area contributed by atoms with Gasteiger partial charge in [-0.05, 0) is 59.1 Å². The molecule has 0 amide bonds. The number of benzene rings is 1. The summed E-state index contributed by atoms with van der Waals surface area (Å²) in [4.78, 5) is 10.9. The molecule has 0 unspecified atom stereocenters. The number of aldehydes is 1. The van der Waals surface area contributed by atoms with Crippen LogP contribution in [0.1, 0.15) is 41.5 Å². The average Bonchev–Trinajstić information content (AvgIpc) is 2.59. The van der Waals surface area contributed by atoms with E-state index in [1.807, 2.05) is 52.0 Å². The summed E-state index contributed by atoms with van der Waals surface area (Å²) in [6.07, 6.45) is 0.787. The Hall–Kier alpha value is -1.33. The fourth-order valence-corrected chi connectivity index (χ4v) is 2.00. The second kappa shape index (κ2) is 5.14. The minimum Gasteiger partial charge on any atom is -0.480 e. The Balaban J connectivity index is 2.12. The van der Waals surface area contributed by atoms with E-state index in [0.717, 1.165) is 11.7 Å². The summed E-state index contributed by atoms with van der Waals surface area (Å²) in [5.41, 5.74) is -0.602. The molecule has 114 valence electrons. The molecule has 0 radical (unpaired) electrons. The lowest BCUT2D eigenvalue weighted by atomic mass is 9.79. The Kier molecular flexibility index (Phi) is 3.93. The number of hydrogen-bond donors (Lipinski definition) is 0. The Labute approximate surface area is 126 Å². The maximum Gasteiger partial charge on any atom is 0.494 e. The van der Waals surface area contributed by atoms with E-state index in [2.05, 4.69) is 0 Å². The predicted molar refractivity (Wildman–Crippen MR) is 82.9 cm³/mol. The van der Waals surface area contributed by atoms with E-state index in [4.69, 9.17) is 14.0 Å². The molecule has 0 atom stereocenters. The van der Waals surface area contributed by atoms with Crippen LogP contribution in [0.15, 0.2) is 24.3 Å². The fraction of sp³-hybridized carbons (Fsp3) is 0.562. The molecule has 1 aliphatic rings. The highest BCUT2D eigenvalue weighted by Gasteiger charge is 2.51. The average molecular weight is 290 g/mol. The van der Waals surface area contributed by atoms with Gasteiger partial charge in [-0.15, -0.1) is 0 Å². The van der Waals surface area contributed by atoms with Crippen molar-refractivity contribution in [3.63, 3.8) is 0 Å². The molecule has 0 aromatic heterocycles. The molecular weight excluding hydrogens is 267 g/mol. The molecule has 0 N–H and O–H groups in total. The number of carbonyl (C=O) groups excluding carboxylic acids is 1. The normalized spacial score (nSPS) is 20.4. The van der Waals surface area contributed by atoms with Crippen molar-refractivity contribution in [2.75, 3.05) is 0 Å². The molecule has 5 heteroatoms.